The van der Waals surface area contributed by atoms with E-state index in [1.807, 2.05) is 6.07 Å². The molecule has 2 N–H and O–H groups in total. The van der Waals surface area contributed by atoms with Gasteiger partial charge in [0.25, 0.3) is 5.91 Å². The lowest BCUT2D eigenvalue weighted by molar-refractivity contribution is -0.149. The van der Waals surface area contributed by atoms with Crippen LogP contribution in [0.2, 0.25) is 5.02 Å². The lowest BCUT2D eigenvalue weighted by atomic mass is 10.2. The third-order valence-corrected chi connectivity index (χ3v) is 3.66. The van der Waals surface area contributed by atoms with E-state index in [4.69, 9.17) is 16.3 Å². The molecule has 2 aromatic carbocycles. The second-order valence-electron chi connectivity index (χ2n) is 5.69. The molecule has 0 heterocycles. The van der Waals surface area contributed by atoms with Crippen LogP contribution in [0.5, 0.6) is 0 Å². The Morgan fingerprint density at radius 2 is 1.67 bits per heavy atom. The highest BCUT2D eigenvalue weighted by molar-refractivity contribution is 6.30. The molecule has 0 saturated heterocycles. The van der Waals surface area contributed by atoms with Gasteiger partial charge in [0.15, 0.2) is 6.10 Å². The third-order valence-electron chi connectivity index (χ3n) is 3.41. The second-order valence-corrected chi connectivity index (χ2v) is 6.13. The summed E-state index contributed by atoms with van der Waals surface area (Å²) in [5, 5.41) is 5.59. The molecule has 0 saturated carbocycles. The molecule has 2 aromatic rings. The van der Waals surface area contributed by atoms with E-state index in [2.05, 4.69) is 10.6 Å². The smallest absolute Gasteiger partial charge is 0.355 e. The van der Waals surface area contributed by atoms with Gasteiger partial charge in [0.1, 0.15) is 5.70 Å². The third kappa shape index (κ3) is 6.60. The Morgan fingerprint density at radius 1 is 1.04 bits per heavy atom. The first kappa shape index (κ1) is 20.2. The number of ether oxygens (including phenoxy) is 1. The number of halogens is 1. The van der Waals surface area contributed by atoms with Gasteiger partial charge in [-0.05, 0) is 42.8 Å². The van der Waals surface area contributed by atoms with E-state index in [-0.39, 0.29) is 5.70 Å². The summed E-state index contributed by atoms with van der Waals surface area (Å²) in [6.45, 7) is 2.72. The monoisotopic (exact) mass is 386 g/mol. The molecule has 0 radical (unpaired) electrons. The highest BCUT2D eigenvalue weighted by Crippen LogP contribution is 2.14. The van der Waals surface area contributed by atoms with Gasteiger partial charge in [-0.15, -0.1) is 0 Å². The number of carbonyl (C=O) groups excluding carboxylic acids is 3. The number of nitrogens with one attached hydrogen (secondary N) is 2. The molecule has 0 aliphatic carbocycles. The molecule has 140 valence electrons. The molecule has 0 aliphatic heterocycles. The van der Waals surface area contributed by atoms with Crippen molar-refractivity contribution in [3.63, 3.8) is 0 Å². The van der Waals surface area contributed by atoms with Crippen molar-refractivity contribution in [1.82, 2.24) is 5.32 Å². The average Bonchev–Trinajstić information content (AvgIpc) is 2.63. The van der Waals surface area contributed by atoms with Crippen LogP contribution >= 0.6 is 11.6 Å². The molecule has 2 rings (SSSR count). The summed E-state index contributed by atoms with van der Waals surface area (Å²) in [5.41, 5.74) is 1.17. The van der Waals surface area contributed by atoms with Crippen LogP contribution in [0.25, 0.3) is 6.08 Å². The maximum absolute atomic E-state index is 12.4. The van der Waals surface area contributed by atoms with Crippen molar-refractivity contribution in [2.75, 3.05) is 5.32 Å². The summed E-state index contributed by atoms with van der Waals surface area (Å²) in [5.74, 6) is -1.74. The van der Waals surface area contributed by atoms with Crippen LogP contribution in [0.4, 0.5) is 5.69 Å². The fraction of sp³-hybridized carbons (Fsp3) is 0.150. The molecule has 0 aromatic heterocycles. The van der Waals surface area contributed by atoms with Gasteiger partial charge in [0.05, 0.1) is 0 Å². The van der Waals surface area contributed by atoms with E-state index in [0.717, 1.165) is 0 Å². The van der Waals surface area contributed by atoms with Gasteiger partial charge >= 0.3 is 5.97 Å². The summed E-state index contributed by atoms with van der Waals surface area (Å²) >= 11 is 5.80. The summed E-state index contributed by atoms with van der Waals surface area (Å²) < 4.78 is 5.18. The maximum atomic E-state index is 12.4. The normalized spacial score (nSPS) is 12.0. The van der Waals surface area contributed by atoms with Gasteiger partial charge in [-0.25, -0.2) is 4.79 Å². The van der Waals surface area contributed by atoms with Gasteiger partial charge in [0, 0.05) is 17.6 Å². The number of carbonyl (C=O) groups is 3. The van der Waals surface area contributed by atoms with Gasteiger partial charge in [-0.2, -0.15) is 0 Å². The van der Waals surface area contributed by atoms with E-state index in [9.17, 15) is 14.4 Å². The molecule has 0 bridgehead atoms. The predicted octanol–water partition coefficient (Wildman–Crippen LogP) is 3.39. The molecular weight excluding hydrogens is 368 g/mol. The molecule has 0 spiro atoms. The van der Waals surface area contributed by atoms with E-state index < -0.39 is 23.9 Å². The van der Waals surface area contributed by atoms with Gasteiger partial charge in [-0.3, -0.25) is 9.59 Å². The Balaban J connectivity index is 2.06. The fourth-order valence-electron chi connectivity index (χ4n) is 2.11. The number of rotatable bonds is 6. The Bertz CT molecular complexity index is 848. The molecule has 0 aliphatic rings. The SMILES string of the molecule is CC(=O)N/C(=C\c1ccccc1)C(=O)OC(C)C(=O)Nc1ccc(Cl)cc1. The van der Waals surface area contributed by atoms with Crippen LogP contribution in [0.3, 0.4) is 0 Å². The zero-order valence-electron chi connectivity index (χ0n) is 14.9. The number of hydrogen-bond acceptors (Lipinski definition) is 4. The topological polar surface area (TPSA) is 84.5 Å². The highest BCUT2D eigenvalue weighted by atomic mass is 35.5. The minimum absolute atomic E-state index is 0.0557. The van der Waals surface area contributed by atoms with E-state index >= 15 is 0 Å². The van der Waals surface area contributed by atoms with Crippen molar-refractivity contribution < 1.29 is 19.1 Å². The molecule has 27 heavy (non-hydrogen) atoms. The van der Waals surface area contributed by atoms with Gasteiger partial charge in [-0.1, -0.05) is 41.9 Å². The number of esters is 1. The van der Waals surface area contributed by atoms with Gasteiger partial charge < -0.3 is 15.4 Å². The quantitative estimate of drug-likeness (QED) is 0.588. The van der Waals surface area contributed by atoms with Crippen LogP contribution in [-0.4, -0.2) is 23.9 Å². The molecule has 0 fully saturated rings. The van der Waals surface area contributed by atoms with Crippen molar-refractivity contribution in [2.45, 2.75) is 20.0 Å². The standard InChI is InChI=1S/C20H19ClN2O4/c1-13(19(25)23-17-10-8-16(21)9-11-17)27-20(26)18(22-14(2)24)12-15-6-4-3-5-7-15/h3-13H,1-2H3,(H,22,24)(H,23,25)/b18-12-. The first-order chi connectivity index (χ1) is 12.8. The second kappa shape index (κ2) is 9.54. The zero-order valence-corrected chi connectivity index (χ0v) is 15.6. The van der Waals surface area contributed by atoms with E-state index in [1.54, 1.807) is 48.5 Å². The Morgan fingerprint density at radius 3 is 2.26 bits per heavy atom. The van der Waals surface area contributed by atoms with Crippen molar-refractivity contribution in [3.05, 3.63) is 70.9 Å². The molecular formula is C20H19ClN2O4. The van der Waals surface area contributed by atoms with E-state index in [0.29, 0.717) is 16.3 Å². The summed E-state index contributed by atoms with van der Waals surface area (Å²) in [6.07, 6.45) is 0.411. The Labute approximate surface area is 162 Å². The zero-order chi connectivity index (χ0) is 19.8. The molecule has 7 heteroatoms. The predicted molar refractivity (Wildman–Crippen MR) is 104 cm³/mol. The number of benzene rings is 2. The Kier molecular flexibility index (Phi) is 7.14. The first-order valence-corrected chi connectivity index (χ1v) is 8.54. The lowest BCUT2D eigenvalue weighted by Gasteiger charge is -2.15. The Hall–Kier alpha value is -3.12. The maximum Gasteiger partial charge on any atom is 0.355 e. The highest BCUT2D eigenvalue weighted by Gasteiger charge is 2.21. The van der Waals surface area contributed by atoms with Gasteiger partial charge in [0.2, 0.25) is 5.91 Å². The van der Waals surface area contributed by atoms with Crippen LogP contribution in [0, 0.1) is 0 Å². The van der Waals surface area contributed by atoms with Crippen LogP contribution < -0.4 is 10.6 Å². The van der Waals surface area contributed by atoms with E-state index in [1.165, 1.54) is 19.9 Å². The minimum Gasteiger partial charge on any atom is -0.448 e. The number of hydrogen-bond donors (Lipinski definition) is 2. The van der Waals surface area contributed by atoms with Crippen molar-refractivity contribution in [3.8, 4) is 0 Å². The average molecular weight is 387 g/mol. The number of anilines is 1. The minimum atomic E-state index is -1.07. The molecule has 1 unspecified atom stereocenters. The lowest BCUT2D eigenvalue weighted by Crippen LogP contribution is -2.33. The summed E-state index contributed by atoms with van der Waals surface area (Å²) in [6, 6.07) is 15.5. The van der Waals surface area contributed by atoms with Crippen molar-refractivity contribution in [2.24, 2.45) is 0 Å². The largest absolute Gasteiger partial charge is 0.448 e. The van der Waals surface area contributed by atoms with Crippen LogP contribution in [0.1, 0.15) is 19.4 Å². The molecule has 2 amide bonds. The first-order valence-electron chi connectivity index (χ1n) is 8.17. The molecule has 6 nitrogen and oxygen atoms in total. The summed E-state index contributed by atoms with van der Waals surface area (Å²) in [4.78, 5) is 36.0. The fourth-order valence-corrected chi connectivity index (χ4v) is 2.23. The van der Waals surface area contributed by atoms with Crippen LogP contribution in [0.15, 0.2) is 60.3 Å². The van der Waals surface area contributed by atoms with Crippen LogP contribution in [-0.2, 0) is 19.1 Å². The van der Waals surface area contributed by atoms with Crippen molar-refractivity contribution >= 4 is 41.1 Å². The van der Waals surface area contributed by atoms with Crippen molar-refractivity contribution in [1.29, 1.82) is 0 Å². The number of amides is 2. The molecule has 1 atom stereocenters. The summed E-state index contributed by atoms with van der Waals surface area (Å²) in [7, 11) is 0.